The van der Waals surface area contributed by atoms with Crippen molar-refractivity contribution < 1.29 is 0 Å². The largest absolute Gasteiger partial charge is 0.0593 e. The van der Waals surface area contributed by atoms with Crippen molar-refractivity contribution in [2.75, 3.05) is 0 Å². The van der Waals surface area contributed by atoms with Crippen LogP contribution >= 0.6 is 0 Å². The van der Waals surface area contributed by atoms with Gasteiger partial charge in [0.05, 0.1) is 0 Å². The van der Waals surface area contributed by atoms with Crippen LogP contribution in [0.25, 0.3) is 0 Å². The average Bonchev–Trinajstić information content (AvgIpc) is 1.76. The molecule has 0 atom stereocenters. The summed E-state index contributed by atoms with van der Waals surface area (Å²) in [7, 11) is 0. The van der Waals surface area contributed by atoms with Crippen molar-refractivity contribution in [3.8, 4) is 0 Å². The van der Waals surface area contributed by atoms with Crippen LogP contribution in [-0.2, 0) is 0 Å². The zero-order valence-corrected chi connectivity index (χ0v) is 3.71. The van der Waals surface area contributed by atoms with Gasteiger partial charge in [0.15, 0.2) is 0 Å². The van der Waals surface area contributed by atoms with Gasteiger partial charge < -0.3 is 0 Å². The molecular formula is C5H8. The van der Waals surface area contributed by atoms with Crippen LogP contribution in [0, 0.1) is 11.8 Å². The van der Waals surface area contributed by atoms with Crippen LogP contribution in [0.5, 0.6) is 0 Å². The van der Waals surface area contributed by atoms with E-state index in [0.717, 1.165) is 0 Å². The van der Waals surface area contributed by atoms with E-state index in [1.807, 2.05) is 0 Å². The summed E-state index contributed by atoms with van der Waals surface area (Å²) in [5.41, 5.74) is 0.500. The monoisotopic (exact) mass is 68.1 g/mol. The first-order chi connectivity index (χ1) is 2.21. The summed E-state index contributed by atoms with van der Waals surface area (Å²) in [4.78, 5) is 0. The van der Waals surface area contributed by atoms with E-state index in [4.69, 9.17) is 0 Å². The lowest BCUT2D eigenvalue weighted by Gasteiger charge is -1.85. The van der Waals surface area contributed by atoms with Gasteiger partial charge in [0.2, 0.25) is 0 Å². The Morgan fingerprint density at radius 1 is 1.60 bits per heavy atom. The van der Waals surface area contributed by atoms with Gasteiger partial charge in [-0.3, -0.25) is 0 Å². The molecule has 0 aromatic carbocycles. The third kappa shape index (κ3) is 0.640. The highest BCUT2D eigenvalue weighted by atomic mass is 14.4. The summed E-state index contributed by atoms with van der Waals surface area (Å²) in [5.74, 6) is 0. The first kappa shape index (κ1) is 3.20. The second kappa shape index (κ2) is 0.562. The number of hydrogen-bond donors (Lipinski definition) is 0. The Hall–Kier alpha value is 0. The molecule has 1 aliphatic carbocycles. The van der Waals surface area contributed by atoms with Crippen LogP contribution in [0.15, 0.2) is 0 Å². The lowest BCUT2D eigenvalue weighted by atomic mass is 10.2. The van der Waals surface area contributed by atoms with E-state index < -0.39 is 0 Å². The minimum absolute atomic E-state index is 0.500. The standard InChI is InChI=1S/C5H8/c1-5(2)3-4-5/h3H2,1-2H3. The fourth-order valence-corrected chi connectivity index (χ4v) is 0.177. The minimum Gasteiger partial charge on any atom is -0.0593 e. The van der Waals surface area contributed by atoms with Crippen LogP contribution in [0.4, 0.5) is 0 Å². The predicted molar refractivity (Wildman–Crippen MR) is 21.6 cm³/mol. The summed E-state index contributed by atoms with van der Waals surface area (Å²) < 4.78 is 0. The SMILES string of the molecule is CC1(C)[C]C1. The van der Waals surface area contributed by atoms with E-state index in [2.05, 4.69) is 20.3 Å². The van der Waals surface area contributed by atoms with Gasteiger partial charge in [-0.1, -0.05) is 13.8 Å². The summed E-state index contributed by atoms with van der Waals surface area (Å²) in [5, 5.41) is 0. The molecular weight excluding hydrogens is 60.1 g/mol. The maximum Gasteiger partial charge on any atom is -0.0106 e. The smallest absolute Gasteiger partial charge is 0.0106 e. The van der Waals surface area contributed by atoms with E-state index in [0.29, 0.717) is 5.41 Å². The van der Waals surface area contributed by atoms with Gasteiger partial charge in [-0.2, -0.15) is 0 Å². The Labute approximate surface area is 33.2 Å². The van der Waals surface area contributed by atoms with Crippen LogP contribution in [0.3, 0.4) is 0 Å². The van der Waals surface area contributed by atoms with Crippen LogP contribution in [0.1, 0.15) is 20.3 Å². The van der Waals surface area contributed by atoms with Gasteiger partial charge in [-0.05, 0) is 18.3 Å². The molecule has 0 spiro atoms. The zero-order chi connectivity index (χ0) is 3.91. The fraction of sp³-hybridized carbons (Fsp3) is 0.800. The first-order valence-electron chi connectivity index (χ1n) is 1.96. The Balaban J connectivity index is 2.38. The Morgan fingerprint density at radius 2 is 1.80 bits per heavy atom. The third-order valence-corrected chi connectivity index (χ3v) is 0.884. The Morgan fingerprint density at radius 3 is 1.80 bits per heavy atom. The van der Waals surface area contributed by atoms with Gasteiger partial charge in [-0.15, -0.1) is 0 Å². The molecule has 0 aromatic heterocycles. The highest BCUT2D eigenvalue weighted by Crippen LogP contribution is 2.42. The van der Waals surface area contributed by atoms with E-state index in [9.17, 15) is 0 Å². The van der Waals surface area contributed by atoms with Gasteiger partial charge in [0.1, 0.15) is 0 Å². The number of hydrogen-bond acceptors (Lipinski definition) is 0. The lowest BCUT2D eigenvalue weighted by molar-refractivity contribution is 0.684. The summed E-state index contributed by atoms with van der Waals surface area (Å²) in [6.07, 6.45) is 4.38. The first-order valence-corrected chi connectivity index (χ1v) is 1.96. The average molecular weight is 68.1 g/mol. The van der Waals surface area contributed by atoms with Crippen molar-refractivity contribution in [1.29, 1.82) is 0 Å². The van der Waals surface area contributed by atoms with Crippen LogP contribution < -0.4 is 0 Å². The van der Waals surface area contributed by atoms with Crippen molar-refractivity contribution in [2.45, 2.75) is 20.3 Å². The van der Waals surface area contributed by atoms with Gasteiger partial charge in [0, 0.05) is 0 Å². The van der Waals surface area contributed by atoms with E-state index >= 15 is 0 Å². The van der Waals surface area contributed by atoms with E-state index in [-0.39, 0.29) is 0 Å². The normalized spacial score (nSPS) is 30.0. The molecule has 0 heteroatoms. The highest BCUT2D eigenvalue weighted by molar-refractivity contribution is 5.03. The van der Waals surface area contributed by atoms with E-state index in [1.165, 1.54) is 6.42 Å². The molecule has 0 saturated heterocycles. The molecule has 0 nitrogen and oxygen atoms in total. The van der Waals surface area contributed by atoms with Crippen molar-refractivity contribution >= 4 is 0 Å². The molecule has 0 unspecified atom stereocenters. The van der Waals surface area contributed by atoms with Crippen LogP contribution in [0.2, 0.25) is 0 Å². The molecule has 0 heterocycles. The van der Waals surface area contributed by atoms with Crippen molar-refractivity contribution in [2.24, 2.45) is 5.41 Å². The molecule has 2 radical (unpaired) electrons. The molecule has 1 fully saturated rings. The Bertz CT molecular complexity index is 38.0. The summed E-state index contributed by atoms with van der Waals surface area (Å²) in [6.45, 7) is 4.38. The molecule has 1 aliphatic rings. The molecule has 1 saturated carbocycles. The van der Waals surface area contributed by atoms with Crippen molar-refractivity contribution in [3.63, 3.8) is 0 Å². The van der Waals surface area contributed by atoms with Gasteiger partial charge in [-0.25, -0.2) is 0 Å². The second-order valence-corrected chi connectivity index (χ2v) is 2.24. The summed E-state index contributed by atoms with van der Waals surface area (Å²) in [6, 6.07) is 0. The van der Waals surface area contributed by atoms with Crippen molar-refractivity contribution in [1.82, 2.24) is 0 Å². The van der Waals surface area contributed by atoms with E-state index in [1.54, 1.807) is 0 Å². The van der Waals surface area contributed by atoms with Gasteiger partial charge in [0.25, 0.3) is 0 Å². The van der Waals surface area contributed by atoms with Crippen molar-refractivity contribution in [3.05, 3.63) is 6.42 Å². The topological polar surface area (TPSA) is 0 Å². The number of rotatable bonds is 0. The molecule has 0 aliphatic heterocycles. The molecule has 0 aromatic rings. The summed E-state index contributed by atoms with van der Waals surface area (Å²) >= 11 is 0. The predicted octanol–water partition coefficient (Wildman–Crippen LogP) is 1.50. The molecule has 0 N–H and O–H groups in total. The Kier molecular flexibility index (Phi) is 0.360. The molecule has 0 bridgehead atoms. The lowest BCUT2D eigenvalue weighted by Crippen LogP contribution is -1.75. The maximum absolute atomic E-state index is 3.17. The van der Waals surface area contributed by atoms with Crippen LogP contribution in [-0.4, -0.2) is 0 Å². The maximum atomic E-state index is 3.17. The fourth-order valence-electron chi connectivity index (χ4n) is 0.177. The molecule has 0 amide bonds. The van der Waals surface area contributed by atoms with Gasteiger partial charge >= 0.3 is 0 Å². The quantitative estimate of drug-likeness (QED) is 0.403. The molecule has 5 heavy (non-hydrogen) atoms. The molecule has 1 rings (SSSR count). The third-order valence-electron chi connectivity index (χ3n) is 0.884. The highest BCUT2D eigenvalue weighted by Gasteiger charge is 2.31. The molecule has 28 valence electrons. The second-order valence-electron chi connectivity index (χ2n) is 2.24. The zero-order valence-electron chi connectivity index (χ0n) is 3.71. The minimum atomic E-state index is 0.500.